The molecule has 2 atom stereocenters. The molecule has 3 aromatic carbocycles. The number of ether oxygens (including phenoxy) is 2. The molecule has 5 nitrogen and oxygen atoms in total. The van der Waals surface area contributed by atoms with Gasteiger partial charge >= 0.3 is 0 Å². The van der Waals surface area contributed by atoms with E-state index in [9.17, 15) is 10.2 Å². The van der Waals surface area contributed by atoms with E-state index >= 15 is 0 Å². The van der Waals surface area contributed by atoms with Gasteiger partial charge in [0.05, 0.1) is 0 Å². The molecule has 0 bridgehead atoms. The molecule has 1 heterocycles. The van der Waals surface area contributed by atoms with Crippen molar-refractivity contribution in [2.24, 2.45) is 5.92 Å². The van der Waals surface area contributed by atoms with E-state index in [1.807, 2.05) is 18.2 Å². The Morgan fingerprint density at radius 2 is 1.40 bits per heavy atom. The van der Waals surface area contributed by atoms with Crippen LogP contribution >= 0.6 is 0 Å². The number of piperidine rings is 1. The summed E-state index contributed by atoms with van der Waals surface area (Å²) in [4.78, 5) is 2.45. The smallest absolute Gasteiger partial charge is 0.159 e. The van der Waals surface area contributed by atoms with Crippen LogP contribution in [-0.2, 0) is 15.9 Å². The minimum atomic E-state index is -0.123. The average Bonchev–Trinajstić information content (AvgIpc) is 2.90. The van der Waals surface area contributed by atoms with Crippen LogP contribution in [0, 0.1) is 5.92 Å². The highest BCUT2D eigenvalue weighted by Gasteiger charge is 2.32. The van der Waals surface area contributed by atoms with E-state index in [1.54, 1.807) is 32.4 Å². The lowest BCUT2D eigenvalue weighted by atomic mass is 9.69. The quantitative estimate of drug-likeness (QED) is 0.444. The van der Waals surface area contributed by atoms with Crippen LogP contribution in [0.25, 0.3) is 0 Å². The predicted molar refractivity (Wildman–Crippen MR) is 138 cm³/mol. The second-order valence-corrected chi connectivity index (χ2v) is 9.85. The Labute approximate surface area is 207 Å². The van der Waals surface area contributed by atoms with Gasteiger partial charge in [0.1, 0.15) is 11.5 Å². The van der Waals surface area contributed by atoms with Gasteiger partial charge in [-0.15, -0.1) is 0 Å². The van der Waals surface area contributed by atoms with Crippen LogP contribution in [0.5, 0.6) is 11.5 Å². The molecule has 0 amide bonds. The predicted octanol–water partition coefficient (Wildman–Crippen LogP) is 5.80. The van der Waals surface area contributed by atoms with Crippen LogP contribution in [0.15, 0.2) is 66.7 Å². The summed E-state index contributed by atoms with van der Waals surface area (Å²) in [5, 5.41) is 19.9. The maximum absolute atomic E-state index is 10.1. The molecule has 0 saturated carbocycles. The lowest BCUT2D eigenvalue weighted by Crippen LogP contribution is -2.39. The van der Waals surface area contributed by atoms with E-state index in [1.165, 1.54) is 27.9 Å². The summed E-state index contributed by atoms with van der Waals surface area (Å²) in [7, 11) is 3.44. The van der Waals surface area contributed by atoms with Crippen LogP contribution < -0.4 is 4.90 Å². The Hall–Kier alpha value is -3.02. The molecule has 2 aliphatic rings. The summed E-state index contributed by atoms with van der Waals surface area (Å²) >= 11 is 0. The first-order valence-corrected chi connectivity index (χ1v) is 12.6. The van der Waals surface area contributed by atoms with Crippen molar-refractivity contribution in [1.29, 1.82) is 0 Å². The third-order valence-corrected chi connectivity index (χ3v) is 7.92. The molecule has 1 saturated heterocycles. The lowest BCUT2D eigenvalue weighted by molar-refractivity contribution is -0.141. The Bertz CT molecular complexity index is 1120. The zero-order chi connectivity index (χ0) is 24.4. The highest BCUT2D eigenvalue weighted by Crippen LogP contribution is 2.47. The van der Waals surface area contributed by atoms with Gasteiger partial charge in [0, 0.05) is 44.8 Å². The Balaban J connectivity index is 1.40. The summed E-state index contributed by atoms with van der Waals surface area (Å²) in [5.41, 5.74) is 6.28. The van der Waals surface area contributed by atoms with Crippen molar-refractivity contribution < 1.29 is 19.7 Å². The number of methoxy groups -OCH3 is 2. The van der Waals surface area contributed by atoms with Gasteiger partial charge in [0.2, 0.25) is 0 Å². The van der Waals surface area contributed by atoms with Crippen molar-refractivity contribution in [2.75, 3.05) is 32.2 Å². The Kier molecular flexibility index (Phi) is 6.98. The molecule has 35 heavy (non-hydrogen) atoms. The Morgan fingerprint density at radius 1 is 0.771 bits per heavy atom. The number of nitrogens with zero attached hydrogens (tertiary/aromatic N) is 1. The minimum Gasteiger partial charge on any atom is -0.508 e. The highest BCUT2D eigenvalue weighted by molar-refractivity contribution is 5.52. The summed E-state index contributed by atoms with van der Waals surface area (Å²) in [6.45, 7) is 1.99. The van der Waals surface area contributed by atoms with Crippen molar-refractivity contribution in [1.82, 2.24) is 0 Å². The van der Waals surface area contributed by atoms with Crippen LogP contribution in [0.4, 0.5) is 5.69 Å². The molecule has 1 fully saturated rings. The van der Waals surface area contributed by atoms with E-state index in [0.717, 1.165) is 38.8 Å². The number of hydrogen-bond donors (Lipinski definition) is 2. The van der Waals surface area contributed by atoms with E-state index < -0.39 is 0 Å². The van der Waals surface area contributed by atoms with Gasteiger partial charge in [0.15, 0.2) is 6.29 Å². The van der Waals surface area contributed by atoms with Gasteiger partial charge in [-0.2, -0.15) is 0 Å². The topological polar surface area (TPSA) is 62.2 Å². The van der Waals surface area contributed by atoms with Crippen molar-refractivity contribution in [2.45, 2.75) is 43.8 Å². The third-order valence-electron chi connectivity index (χ3n) is 7.92. The fourth-order valence-corrected chi connectivity index (χ4v) is 6.10. The number of benzene rings is 3. The molecule has 1 aliphatic carbocycles. The fraction of sp³-hybridized carbons (Fsp3) is 0.400. The number of phenols is 2. The first kappa shape index (κ1) is 23.7. The van der Waals surface area contributed by atoms with E-state index in [-0.39, 0.29) is 12.2 Å². The first-order valence-electron chi connectivity index (χ1n) is 12.6. The molecular weight excluding hydrogens is 438 g/mol. The van der Waals surface area contributed by atoms with Gasteiger partial charge in [-0.25, -0.2) is 0 Å². The molecule has 2 N–H and O–H groups in total. The molecule has 3 aromatic rings. The third kappa shape index (κ3) is 4.89. The number of rotatable bonds is 6. The van der Waals surface area contributed by atoms with Gasteiger partial charge < -0.3 is 24.6 Å². The summed E-state index contributed by atoms with van der Waals surface area (Å²) in [5.74, 6) is 1.57. The minimum absolute atomic E-state index is 0.123. The summed E-state index contributed by atoms with van der Waals surface area (Å²) in [6, 6.07) is 22.5. The van der Waals surface area contributed by atoms with Crippen LogP contribution in [0.1, 0.15) is 53.4 Å². The number of aryl methyl sites for hydroxylation is 1. The molecule has 0 radical (unpaired) electrons. The molecule has 5 rings (SSSR count). The van der Waals surface area contributed by atoms with Crippen LogP contribution in [0.2, 0.25) is 0 Å². The SMILES string of the molecule is COC(OC)C1CCN(c2ccc([C@H]3c4ccc(O)cc4CC[C@H]3c3ccc(O)cc3)cc2)CC1. The fourth-order valence-electron chi connectivity index (χ4n) is 6.10. The number of hydrogen-bond acceptors (Lipinski definition) is 5. The second-order valence-electron chi connectivity index (χ2n) is 9.85. The molecule has 0 spiro atoms. The van der Waals surface area contributed by atoms with Gasteiger partial charge in [-0.1, -0.05) is 30.3 Å². The molecular formula is C30H35NO4. The normalized spacial score (nSPS) is 20.7. The number of fused-ring (bicyclic) bond motifs is 1. The van der Waals surface area contributed by atoms with Crippen molar-refractivity contribution >= 4 is 5.69 Å². The zero-order valence-corrected chi connectivity index (χ0v) is 20.6. The number of aromatic hydroxyl groups is 2. The first-order chi connectivity index (χ1) is 17.1. The summed E-state index contributed by atoms with van der Waals surface area (Å²) in [6.07, 6.45) is 3.92. The number of phenolic OH excluding ortho intramolecular Hbond substituents is 2. The molecule has 184 valence electrons. The van der Waals surface area contributed by atoms with Crippen LogP contribution in [-0.4, -0.2) is 43.8 Å². The largest absolute Gasteiger partial charge is 0.508 e. The second kappa shape index (κ2) is 10.3. The van der Waals surface area contributed by atoms with E-state index in [4.69, 9.17) is 9.47 Å². The van der Waals surface area contributed by atoms with Crippen LogP contribution in [0.3, 0.4) is 0 Å². The zero-order valence-electron chi connectivity index (χ0n) is 20.6. The molecule has 0 aromatic heterocycles. The lowest BCUT2D eigenvalue weighted by Gasteiger charge is -2.37. The van der Waals surface area contributed by atoms with Gasteiger partial charge in [-0.3, -0.25) is 0 Å². The average molecular weight is 474 g/mol. The molecule has 1 aliphatic heterocycles. The monoisotopic (exact) mass is 473 g/mol. The van der Waals surface area contributed by atoms with Crippen molar-refractivity contribution in [3.8, 4) is 11.5 Å². The van der Waals surface area contributed by atoms with E-state index in [2.05, 4.69) is 35.2 Å². The van der Waals surface area contributed by atoms with Gasteiger partial charge in [-0.05, 0) is 90.3 Å². The maximum atomic E-state index is 10.1. The molecule has 0 unspecified atom stereocenters. The number of anilines is 1. The van der Waals surface area contributed by atoms with Crippen molar-refractivity contribution in [3.63, 3.8) is 0 Å². The van der Waals surface area contributed by atoms with E-state index in [0.29, 0.717) is 23.3 Å². The standard InChI is InChI=1S/C30H35NO4/c1-34-30(35-2)22-15-17-31(18-16-22)24-8-3-21(4-9-24)29-27(20-5-10-25(32)11-6-20)13-7-23-19-26(33)12-14-28(23)29/h3-6,8-12,14,19,22,27,29-30,32-33H,7,13,15-18H2,1-2H3/t27-,29+/m0/s1. The van der Waals surface area contributed by atoms with Crippen molar-refractivity contribution in [3.05, 3.63) is 89.0 Å². The molecule has 5 heteroatoms. The van der Waals surface area contributed by atoms with Gasteiger partial charge in [0.25, 0.3) is 0 Å². The maximum Gasteiger partial charge on any atom is 0.159 e. The Morgan fingerprint density at radius 3 is 2.06 bits per heavy atom. The highest BCUT2D eigenvalue weighted by atomic mass is 16.7. The summed E-state index contributed by atoms with van der Waals surface area (Å²) < 4.78 is 11.0.